The molecule has 1 aliphatic heterocycles. The SMILES string of the molecule is CC(=O)N1CCN(c2ccccc2NC(=S)NC(=O)c2cccc(OC(C)C)c2)CC1. The highest BCUT2D eigenvalue weighted by molar-refractivity contribution is 7.80. The molecule has 1 fully saturated rings. The van der Waals surface area contributed by atoms with Crippen LogP contribution in [0.25, 0.3) is 0 Å². The minimum Gasteiger partial charge on any atom is -0.491 e. The zero-order valence-electron chi connectivity index (χ0n) is 18.1. The molecule has 0 bridgehead atoms. The van der Waals surface area contributed by atoms with Crippen LogP contribution in [0.1, 0.15) is 31.1 Å². The number of carbonyl (C=O) groups is 2. The summed E-state index contributed by atoms with van der Waals surface area (Å²) in [5.74, 6) is 0.425. The molecule has 3 rings (SSSR count). The molecule has 1 saturated heterocycles. The van der Waals surface area contributed by atoms with E-state index in [0.717, 1.165) is 24.5 Å². The van der Waals surface area contributed by atoms with Crippen LogP contribution >= 0.6 is 12.2 Å². The predicted molar refractivity (Wildman–Crippen MR) is 127 cm³/mol. The first-order chi connectivity index (χ1) is 14.8. The number of piperazine rings is 1. The van der Waals surface area contributed by atoms with E-state index in [0.29, 0.717) is 24.4 Å². The molecule has 31 heavy (non-hydrogen) atoms. The fourth-order valence-electron chi connectivity index (χ4n) is 3.43. The minimum atomic E-state index is -0.306. The summed E-state index contributed by atoms with van der Waals surface area (Å²) in [6.45, 7) is 8.29. The molecule has 8 heteroatoms. The highest BCUT2D eigenvalue weighted by Gasteiger charge is 2.21. The van der Waals surface area contributed by atoms with Crippen LogP contribution in [-0.4, -0.2) is 54.1 Å². The third kappa shape index (κ3) is 6.18. The van der Waals surface area contributed by atoms with Crippen molar-refractivity contribution in [3.8, 4) is 5.75 Å². The smallest absolute Gasteiger partial charge is 0.257 e. The van der Waals surface area contributed by atoms with Gasteiger partial charge >= 0.3 is 0 Å². The lowest BCUT2D eigenvalue weighted by Crippen LogP contribution is -2.48. The topological polar surface area (TPSA) is 73.9 Å². The number of thiocarbonyl (C=S) groups is 1. The molecule has 164 valence electrons. The van der Waals surface area contributed by atoms with E-state index >= 15 is 0 Å². The van der Waals surface area contributed by atoms with Crippen molar-refractivity contribution in [3.63, 3.8) is 0 Å². The van der Waals surface area contributed by atoms with Gasteiger partial charge in [0.05, 0.1) is 17.5 Å². The summed E-state index contributed by atoms with van der Waals surface area (Å²) in [5.41, 5.74) is 2.26. The van der Waals surface area contributed by atoms with Gasteiger partial charge < -0.3 is 19.9 Å². The van der Waals surface area contributed by atoms with Crippen LogP contribution in [0, 0.1) is 0 Å². The average Bonchev–Trinajstić information content (AvgIpc) is 2.74. The van der Waals surface area contributed by atoms with E-state index in [4.69, 9.17) is 17.0 Å². The normalized spacial score (nSPS) is 13.7. The summed E-state index contributed by atoms with van der Waals surface area (Å²) in [7, 11) is 0. The molecule has 0 saturated carbocycles. The quantitative estimate of drug-likeness (QED) is 0.696. The maximum atomic E-state index is 12.6. The monoisotopic (exact) mass is 440 g/mol. The van der Waals surface area contributed by atoms with Gasteiger partial charge in [0.25, 0.3) is 5.91 Å². The van der Waals surface area contributed by atoms with E-state index in [1.165, 1.54) is 0 Å². The molecule has 0 spiro atoms. The number of ether oxygens (including phenoxy) is 1. The van der Waals surface area contributed by atoms with Crippen LogP contribution in [-0.2, 0) is 4.79 Å². The second kappa shape index (κ2) is 10.3. The van der Waals surface area contributed by atoms with Gasteiger partial charge in [-0.2, -0.15) is 0 Å². The van der Waals surface area contributed by atoms with Gasteiger partial charge in [0.1, 0.15) is 5.75 Å². The molecular weight excluding hydrogens is 412 g/mol. The summed E-state index contributed by atoms with van der Waals surface area (Å²) in [4.78, 5) is 28.3. The number of amides is 2. The van der Waals surface area contributed by atoms with Gasteiger partial charge in [-0.05, 0) is 56.4 Å². The Kier molecular flexibility index (Phi) is 7.46. The maximum Gasteiger partial charge on any atom is 0.257 e. The van der Waals surface area contributed by atoms with Crippen molar-refractivity contribution in [1.82, 2.24) is 10.2 Å². The van der Waals surface area contributed by atoms with Crippen molar-refractivity contribution < 1.29 is 14.3 Å². The van der Waals surface area contributed by atoms with Crippen molar-refractivity contribution >= 4 is 40.5 Å². The van der Waals surface area contributed by atoms with Crippen molar-refractivity contribution in [3.05, 3.63) is 54.1 Å². The number of para-hydroxylation sites is 2. The molecule has 0 unspecified atom stereocenters. The molecule has 7 nitrogen and oxygen atoms in total. The molecule has 1 heterocycles. The Morgan fingerprint density at radius 1 is 1.03 bits per heavy atom. The van der Waals surface area contributed by atoms with Crippen LogP contribution in [0.5, 0.6) is 5.75 Å². The lowest BCUT2D eigenvalue weighted by atomic mass is 10.2. The fraction of sp³-hybridized carbons (Fsp3) is 0.348. The highest BCUT2D eigenvalue weighted by atomic mass is 32.1. The van der Waals surface area contributed by atoms with Crippen molar-refractivity contribution in [2.75, 3.05) is 36.4 Å². The van der Waals surface area contributed by atoms with E-state index in [9.17, 15) is 9.59 Å². The standard InChI is InChI=1S/C23H28N4O3S/c1-16(2)30-19-8-6-7-18(15-19)22(29)25-23(31)24-20-9-4-5-10-21(20)27-13-11-26(12-14-27)17(3)28/h4-10,15-16H,11-14H2,1-3H3,(H2,24,25,29,31). The number of hydrogen-bond acceptors (Lipinski definition) is 5. The van der Waals surface area contributed by atoms with E-state index < -0.39 is 0 Å². The number of carbonyl (C=O) groups excluding carboxylic acids is 2. The molecule has 1 aliphatic rings. The molecule has 0 aromatic heterocycles. The van der Waals surface area contributed by atoms with Crippen molar-refractivity contribution in [1.29, 1.82) is 0 Å². The maximum absolute atomic E-state index is 12.6. The van der Waals surface area contributed by atoms with Gasteiger partial charge in [0.15, 0.2) is 5.11 Å². The number of nitrogens with zero attached hydrogens (tertiary/aromatic N) is 2. The van der Waals surface area contributed by atoms with E-state index in [2.05, 4.69) is 15.5 Å². The van der Waals surface area contributed by atoms with Gasteiger partial charge in [-0.25, -0.2) is 0 Å². The molecule has 2 amide bonds. The van der Waals surface area contributed by atoms with E-state index in [-0.39, 0.29) is 23.0 Å². The lowest BCUT2D eigenvalue weighted by molar-refractivity contribution is -0.129. The Labute approximate surface area is 188 Å². The molecule has 2 aromatic rings. The average molecular weight is 441 g/mol. The summed E-state index contributed by atoms with van der Waals surface area (Å²) in [6, 6.07) is 14.8. The Morgan fingerprint density at radius 3 is 2.42 bits per heavy atom. The van der Waals surface area contributed by atoms with Gasteiger partial charge in [0, 0.05) is 38.7 Å². The summed E-state index contributed by atoms with van der Waals surface area (Å²) >= 11 is 5.38. The summed E-state index contributed by atoms with van der Waals surface area (Å²) in [5, 5.41) is 6.08. The molecule has 0 radical (unpaired) electrons. The number of nitrogens with one attached hydrogen (secondary N) is 2. The Morgan fingerprint density at radius 2 is 1.74 bits per heavy atom. The van der Waals surface area contributed by atoms with Crippen LogP contribution in [0.3, 0.4) is 0 Å². The van der Waals surface area contributed by atoms with Crippen molar-refractivity contribution in [2.45, 2.75) is 26.9 Å². The molecule has 2 N–H and O–H groups in total. The fourth-order valence-corrected chi connectivity index (χ4v) is 3.63. The molecule has 0 atom stereocenters. The predicted octanol–water partition coefficient (Wildman–Crippen LogP) is 3.27. The van der Waals surface area contributed by atoms with Crippen LogP contribution in [0.15, 0.2) is 48.5 Å². The second-order valence-corrected chi connectivity index (χ2v) is 8.02. The zero-order chi connectivity index (χ0) is 22.4. The van der Waals surface area contributed by atoms with Crippen LogP contribution < -0.4 is 20.3 Å². The number of rotatable bonds is 5. The van der Waals surface area contributed by atoms with Gasteiger partial charge in [-0.1, -0.05) is 18.2 Å². The van der Waals surface area contributed by atoms with Gasteiger partial charge in [-0.3, -0.25) is 14.9 Å². The first kappa shape index (κ1) is 22.6. The third-order valence-corrected chi connectivity index (χ3v) is 5.12. The first-order valence-electron chi connectivity index (χ1n) is 10.3. The minimum absolute atomic E-state index is 0.0230. The van der Waals surface area contributed by atoms with Crippen LogP contribution in [0.4, 0.5) is 11.4 Å². The number of anilines is 2. The molecule has 0 aliphatic carbocycles. The van der Waals surface area contributed by atoms with E-state index in [1.807, 2.05) is 49.1 Å². The van der Waals surface area contributed by atoms with Gasteiger partial charge in [0.2, 0.25) is 5.91 Å². The van der Waals surface area contributed by atoms with Crippen LogP contribution in [0.2, 0.25) is 0 Å². The summed E-state index contributed by atoms with van der Waals surface area (Å²) in [6.07, 6.45) is 0.0230. The second-order valence-electron chi connectivity index (χ2n) is 7.61. The lowest BCUT2D eigenvalue weighted by Gasteiger charge is -2.36. The third-order valence-electron chi connectivity index (χ3n) is 4.91. The Balaban J connectivity index is 1.64. The largest absolute Gasteiger partial charge is 0.491 e. The highest BCUT2D eigenvalue weighted by Crippen LogP contribution is 2.26. The Hall–Kier alpha value is -3.13. The first-order valence-corrected chi connectivity index (χ1v) is 10.7. The van der Waals surface area contributed by atoms with E-state index in [1.54, 1.807) is 25.1 Å². The Bertz CT molecular complexity index is 955. The van der Waals surface area contributed by atoms with Gasteiger partial charge in [-0.15, -0.1) is 0 Å². The summed E-state index contributed by atoms with van der Waals surface area (Å²) < 4.78 is 5.65. The molecular formula is C23H28N4O3S. The van der Waals surface area contributed by atoms with Crippen molar-refractivity contribution in [2.24, 2.45) is 0 Å². The number of benzene rings is 2. The zero-order valence-corrected chi connectivity index (χ0v) is 18.9. The number of hydrogen-bond donors (Lipinski definition) is 2. The molecule has 2 aromatic carbocycles.